The molecule has 4 rings (SSSR count). The maximum atomic E-state index is 10.2. The molecule has 1 aromatic carbocycles. The molecule has 0 amide bonds. The minimum absolute atomic E-state index is 0.109. The van der Waals surface area contributed by atoms with Crippen LogP contribution >= 0.6 is 34.5 Å². The Kier molecular flexibility index (Phi) is 8.94. The Balaban J connectivity index is 1.35. The number of piperidine rings is 1. The summed E-state index contributed by atoms with van der Waals surface area (Å²) in [5.74, 6) is 1.90. The molecule has 2 aliphatic rings. The SMILES string of the molecule is CCCC(O)CC1CCN(C[C@H]2CN(Cc3ccc(Cl)cc3Cl)C[C@@H]2c2ccsc2)CC1. The van der Waals surface area contributed by atoms with Gasteiger partial charge in [0.15, 0.2) is 0 Å². The fourth-order valence-electron chi connectivity index (χ4n) is 5.60. The third kappa shape index (κ3) is 6.49. The number of aliphatic hydroxyl groups excluding tert-OH is 1. The number of rotatable bonds is 9. The van der Waals surface area contributed by atoms with Gasteiger partial charge in [0.1, 0.15) is 0 Å². The van der Waals surface area contributed by atoms with Crippen molar-refractivity contribution in [2.24, 2.45) is 11.8 Å². The van der Waals surface area contributed by atoms with Crippen LogP contribution in [0, 0.1) is 11.8 Å². The molecular weight excluding hydrogens is 459 g/mol. The average Bonchev–Trinajstić information content (AvgIpc) is 3.42. The van der Waals surface area contributed by atoms with E-state index in [1.165, 1.54) is 31.5 Å². The number of benzene rings is 1. The first-order valence-corrected chi connectivity index (χ1v) is 13.8. The second-order valence-electron chi connectivity index (χ2n) is 9.78. The van der Waals surface area contributed by atoms with Crippen molar-refractivity contribution in [3.63, 3.8) is 0 Å². The van der Waals surface area contributed by atoms with Crippen molar-refractivity contribution >= 4 is 34.5 Å². The molecule has 1 unspecified atom stereocenters. The van der Waals surface area contributed by atoms with Gasteiger partial charge in [0.25, 0.3) is 0 Å². The molecule has 1 aromatic heterocycles. The lowest BCUT2D eigenvalue weighted by Gasteiger charge is -2.35. The standard InChI is InChI=1S/C26H36Cl2N2OS/c1-2-3-24(31)12-19-6-9-29(10-7-19)15-22-16-30(17-25(22)21-8-11-32-18-21)14-20-4-5-23(27)13-26(20)28/h4-5,8,11,13,18-19,22,24-25,31H,2-3,6-7,9-10,12,14-17H2,1H3/t22-,24?,25+/m0/s1. The van der Waals surface area contributed by atoms with Gasteiger partial charge in [-0.2, -0.15) is 11.3 Å². The molecule has 0 bridgehead atoms. The van der Waals surface area contributed by atoms with Gasteiger partial charge < -0.3 is 10.0 Å². The van der Waals surface area contributed by atoms with E-state index in [9.17, 15) is 5.11 Å². The maximum Gasteiger partial charge on any atom is 0.0542 e. The van der Waals surface area contributed by atoms with Crippen LogP contribution in [0.25, 0.3) is 0 Å². The maximum absolute atomic E-state index is 10.2. The monoisotopic (exact) mass is 494 g/mol. The minimum atomic E-state index is -0.109. The van der Waals surface area contributed by atoms with Crippen molar-refractivity contribution in [2.75, 3.05) is 32.7 Å². The Morgan fingerprint density at radius 3 is 2.62 bits per heavy atom. The Bertz CT molecular complexity index is 838. The fourth-order valence-corrected chi connectivity index (χ4v) is 6.79. The molecule has 3 nitrogen and oxygen atoms in total. The third-order valence-electron chi connectivity index (χ3n) is 7.32. The second kappa shape index (κ2) is 11.7. The first-order chi connectivity index (χ1) is 15.5. The predicted molar refractivity (Wildman–Crippen MR) is 137 cm³/mol. The molecule has 2 aliphatic heterocycles. The smallest absolute Gasteiger partial charge is 0.0542 e. The van der Waals surface area contributed by atoms with Crippen molar-refractivity contribution in [1.29, 1.82) is 0 Å². The number of hydrogen-bond acceptors (Lipinski definition) is 4. The highest BCUT2D eigenvalue weighted by Gasteiger charge is 2.36. The quantitative estimate of drug-likeness (QED) is 0.428. The van der Waals surface area contributed by atoms with Crippen LogP contribution in [0.3, 0.4) is 0 Å². The van der Waals surface area contributed by atoms with Crippen molar-refractivity contribution in [1.82, 2.24) is 9.80 Å². The summed E-state index contributed by atoms with van der Waals surface area (Å²) in [5, 5.41) is 16.2. The van der Waals surface area contributed by atoms with E-state index in [0.717, 1.165) is 56.0 Å². The topological polar surface area (TPSA) is 26.7 Å². The van der Waals surface area contributed by atoms with E-state index in [2.05, 4.69) is 39.6 Å². The molecule has 3 atom stereocenters. The lowest BCUT2D eigenvalue weighted by molar-refractivity contribution is 0.0951. The van der Waals surface area contributed by atoms with E-state index in [1.807, 2.05) is 12.1 Å². The average molecular weight is 496 g/mol. The molecule has 2 aromatic rings. The summed E-state index contributed by atoms with van der Waals surface area (Å²) in [6.07, 6.45) is 5.34. The van der Waals surface area contributed by atoms with Gasteiger partial charge in [-0.05, 0) is 90.7 Å². The summed E-state index contributed by atoms with van der Waals surface area (Å²) in [7, 11) is 0. The lowest BCUT2D eigenvalue weighted by atomic mass is 9.87. The largest absolute Gasteiger partial charge is 0.393 e. The zero-order valence-electron chi connectivity index (χ0n) is 19.1. The second-order valence-corrected chi connectivity index (χ2v) is 11.4. The Labute approximate surface area is 207 Å². The molecular formula is C26H36Cl2N2OS. The van der Waals surface area contributed by atoms with Crippen LogP contribution in [0.2, 0.25) is 10.0 Å². The fraction of sp³-hybridized carbons (Fsp3) is 0.615. The van der Waals surface area contributed by atoms with Crippen LogP contribution in [-0.2, 0) is 6.54 Å². The molecule has 1 N–H and O–H groups in total. The van der Waals surface area contributed by atoms with Crippen LogP contribution in [0.4, 0.5) is 0 Å². The predicted octanol–water partition coefficient (Wildman–Crippen LogP) is 6.53. The van der Waals surface area contributed by atoms with E-state index < -0.39 is 0 Å². The summed E-state index contributed by atoms with van der Waals surface area (Å²) in [4.78, 5) is 5.24. The number of halogens is 2. The number of nitrogens with zero attached hydrogens (tertiary/aromatic N) is 2. The molecule has 176 valence electrons. The first kappa shape index (κ1) is 24.5. The Morgan fingerprint density at radius 2 is 1.94 bits per heavy atom. The zero-order chi connectivity index (χ0) is 22.5. The summed E-state index contributed by atoms with van der Waals surface area (Å²) >= 11 is 14.4. The van der Waals surface area contributed by atoms with Crippen molar-refractivity contribution in [3.05, 3.63) is 56.2 Å². The molecule has 0 radical (unpaired) electrons. The van der Waals surface area contributed by atoms with E-state index in [0.29, 0.717) is 22.8 Å². The lowest BCUT2D eigenvalue weighted by Crippen LogP contribution is -2.39. The van der Waals surface area contributed by atoms with Crippen molar-refractivity contribution in [2.45, 2.75) is 57.6 Å². The highest BCUT2D eigenvalue weighted by molar-refractivity contribution is 7.08. The molecule has 2 fully saturated rings. The minimum Gasteiger partial charge on any atom is -0.393 e. The van der Waals surface area contributed by atoms with Gasteiger partial charge in [0.2, 0.25) is 0 Å². The van der Waals surface area contributed by atoms with Gasteiger partial charge in [-0.15, -0.1) is 0 Å². The number of likely N-dealkylation sites (tertiary alicyclic amines) is 2. The number of hydrogen-bond donors (Lipinski definition) is 1. The number of thiophene rings is 1. The number of aliphatic hydroxyl groups is 1. The molecule has 32 heavy (non-hydrogen) atoms. The van der Waals surface area contributed by atoms with Crippen LogP contribution < -0.4 is 0 Å². The van der Waals surface area contributed by atoms with E-state index in [1.54, 1.807) is 11.3 Å². The molecule has 0 saturated carbocycles. The highest BCUT2D eigenvalue weighted by Crippen LogP contribution is 2.37. The summed E-state index contributed by atoms with van der Waals surface area (Å²) < 4.78 is 0. The van der Waals surface area contributed by atoms with Gasteiger partial charge in [0, 0.05) is 42.1 Å². The Hall–Kier alpha value is -0.620. The van der Waals surface area contributed by atoms with E-state index in [4.69, 9.17) is 23.2 Å². The van der Waals surface area contributed by atoms with Gasteiger partial charge in [-0.25, -0.2) is 0 Å². The molecule has 0 spiro atoms. The molecule has 0 aliphatic carbocycles. The van der Waals surface area contributed by atoms with Crippen LogP contribution in [0.1, 0.15) is 56.1 Å². The van der Waals surface area contributed by atoms with Crippen LogP contribution in [0.15, 0.2) is 35.0 Å². The molecule has 6 heteroatoms. The van der Waals surface area contributed by atoms with E-state index >= 15 is 0 Å². The van der Waals surface area contributed by atoms with Crippen molar-refractivity contribution < 1.29 is 5.11 Å². The van der Waals surface area contributed by atoms with Crippen LogP contribution in [-0.4, -0.2) is 53.7 Å². The molecule has 3 heterocycles. The zero-order valence-corrected chi connectivity index (χ0v) is 21.4. The van der Waals surface area contributed by atoms with E-state index in [-0.39, 0.29) is 6.10 Å². The van der Waals surface area contributed by atoms with Gasteiger partial charge in [-0.1, -0.05) is 42.6 Å². The van der Waals surface area contributed by atoms with Crippen molar-refractivity contribution in [3.8, 4) is 0 Å². The third-order valence-corrected chi connectivity index (χ3v) is 8.61. The summed E-state index contributed by atoms with van der Waals surface area (Å²) in [6.45, 7) is 8.72. The summed E-state index contributed by atoms with van der Waals surface area (Å²) in [6, 6.07) is 8.16. The first-order valence-electron chi connectivity index (χ1n) is 12.1. The normalized spacial score (nSPS) is 24.2. The molecule has 2 saturated heterocycles. The highest BCUT2D eigenvalue weighted by atomic mass is 35.5. The van der Waals surface area contributed by atoms with Gasteiger partial charge in [0.05, 0.1) is 6.10 Å². The Morgan fingerprint density at radius 1 is 1.12 bits per heavy atom. The van der Waals surface area contributed by atoms with Crippen LogP contribution in [0.5, 0.6) is 0 Å². The summed E-state index contributed by atoms with van der Waals surface area (Å²) in [5.41, 5.74) is 2.65. The van der Waals surface area contributed by atoms with Gasteiger partial charge >= 0.3 is 0 Å². The van der Waals surface area contributed by atoms with Gasteiger partial charge in [-0.3, -0.25) is 4.90 Å².